The second-order valence-corrected chi connectivity index (χ2v) is 2.14. The number of aliphatic hydroxyl groups excluding tert-OH is 1. The molecule has 0 aliphatic carbocycles. The summed E-state index contributed by atoms with van der Waals surface area (Å²) in [6.07, 6.45) is 5.00. The summed E-state index contributed by atoms with van der Waals surface area (Å²) in [5, 5.41) is 8.85. The van der Waals surface area contributed by atoms with Gasteiger partial charge in [0.25, 0.3) is 0 Å². The van der Waals surface area contributed by atoms with Gasteiger partial charge in [0, 0.05) is 0 Å². The molecular formula is C9H16O. The van der Waals surface area contributed by atoms with Gasteiger partial charge in [-0.1, -0.05) is 19.1 Å². The van der Waals surface area contributed by atoms with Crippen LogP contribution >= 0.6 is 0 Å². The van der Waals surface area contributed by atoms with Gasteiger partial charge in [-0.3, -0.25) is 0 Å². The standard InChI is InChI=1S/C9H16O/c1-4-8(5-2)9(6-3)7-10/h4,6,10H,5,7H2,1-3H3/b8-4-,9-6-. The van der Waals surface area contributed by atoms with E-state index in [1.807, 2.05) is 26.0 Å². The average molecular weight is 140 g/mol. The molecule has 0 radical (unpaired) electrons. The van der Waals surface area contributed by atoms with Gasteiger partial charge in [0.05, 0.1) is 6.61 Å². The lowest BCUT2D eigenvalue weighted by Crippen LogP contribution is -1.93. The van der Waals surface area contributed by atoms with E-state index in [1.165, 1.54) is 5.57 Å². The van der Waals surface area contributed by atoms with E-state index in [4.69, 9.17) is 5.11 Å². The highest BCUT2D eigenvalue weighted by Gasteiger charge is 1.97. The van der Waals surface area contributed by atoms with Crippen molar-refractivity contribution in [2.45, 2.75) is 27.2 Å². The van der Waals surface area contributed by atoms with Crippen LogP contribution in [0.5, 0.6) is 0 Å². The van der Waals surface area contributed by atoms with Crippen molar-refractivity contribution in [3.05, 3.63) is 23.3 Å². The van der Waals surface area contributed by atoms with Crippen LogP contribution in [0.15, 0.2) is 23.3 Å². The van der Waals surface area contributed by atoms with Gasteiger partial charge >= 0.3 is 0 Å². The topological polar surface area (TPSA) is 20.2 Å². The Morgan fingerprint density at radius 3 is 1.80 bits per heavy atom. The third-order valence-corrected chi connectivity index (χ3v) is 1.66. The quantitative estimate of drug-likeness (QED) is 0.596. The Hall–Kier alpha value is -0.560. The van der Waals surface area contributed by atoms with E-state index in [-0.39, 0.29) is 6.61 Å². The molecule has 0 heterocycles. The van der Waals surface area contributed by atoms with Crippen LogP contribution in [0, 0.1) is 0 Å². The van der Waals surface area contributed by atoms with E-state index in [0.717, 1.165) is 12.0 Å². The zero-order chi connectivity index (χ0) is 7.98. The first kappa shape index (κ1) is 9.44. The second-order valence-electron chi connectivity index (χ2n) is 2.14. The molecule has 0 aromatic heterocycles. The molecule has 1 nitrogen and oxygen atoms in total. The smallest absolute Gasteiger partial charge is 0.0681 e. The summed E-state index contributed by atoms with van der Waals surface area (Å²) in [6, 6.07) is 0. The highest BCUT2D eigenvalue weighted by atomic mass is 16.3. The number of hydrogen-bond donors (Lipinski definition) is 1. The molecule has 0 saturated heterocycles. The third kappa shape index (κ3) is 2.36. The van der Waals surface area contributed by atoms with Crippen molar-refractivity contribution < 1.29 is 5.11 Å². The highest BCUT2D eigenvalue weighted by molar-refractivity contribution is 5.29. The van der Waals surface area contributed by atoms with E-state index in [0.29, 0.717) is 0 Å². The molecule has 0 fully saturated rings. The third-order valence-electron chi connectivity index (χ3n) is 1.66. The number of rotatable bonds is 3. The summed E-state index contributed by atoms with van der Waals surface area (Å²) in [5.74, 6) is 0. The molecule has 0 aliphatic rings. The second kappa shape index (κ2) is 5.24. The van der Waals surface area contributed by atoms with Crippen molar-refractivity contribution in [3.63, 3.8) is 0 Å². The molecule has 0 aliphatic heterocycles. The molecule has 58 valence electrons. The summed E-state index contributed by atoms with van der Waals surface area (Å²) in [6.45, 7) is 6.20. The molecule has 0 atom stereocenters. The minimum Gasteiger partial charge on any atom is -0.392 e. The van der Waals surface area contributed by atoms with E-state index in [2.05, 4.69) is 6.92 Å². The van der Waals surface area contributed by atoms with Crippen LogP contribution in [-0.2, 0) is 0 Å². The fourth-order valence-corrected chi connectivity index (χ4v) is 0.995. The normalized spacial score (nSPS) is 14.0. The van der Waals surface area contributed by atoms with Crippen molar-refractivity contribution in [1.82, 2.24) is 0 Å². The highest BCUT2D eigenvalue weighted by Crippen LogP contribution is 2.12. The van der Waals surface area contributed by atoms with Gasteiger partial charge < -0.3 is 5.11 Å². The SMILES string of the molecule is C/C=C(CC)\C(=C/C)CO. The molecule has 0 spiro atoms. The first-order chi connectivity index (χ1) is 4.79. The lowest BCUT2D eigenvalue weighted by Gasteiger charge is -2.04. The molecule has 1 N–H and O–H groups in total. The zero-order valence-electron chi connectivity index (χ0n) is 7.02. The first-order valence-electron chi connectivity index (χ1n) is 3.71. The lowest BCUT2D eigenvalue weighted by molar-refractivity contribution is 0.332. The first-order valence-corrected chi connectivity index (χ1v) is 3.71. The average Bonchev–Trinajstić information content (AvgIpc) is 2.00. The molecule has 10 heavy (non-hydrogen) atoms. The zero-order valence-corrected chi connectivity index (χ0v) is 7.02. The Kier molecular flexibility index (Phi) is 4.95. The Labute approximate surface area is 63.1 Å². The maximum absolute atomic E-state index is 8.85. The number of aliphatic hydroxyl groups is 1. The molecule has 0 aromatic carbocycles. The Morgan fingerprint density at radius 2 is 1.70 bits per heavy atom. The summed E-state index contributed by atoms with van der Waals surface area (Å²) < 4.78 is 0. The maximum Gasteiger partial charge on any atom is 0.0681 e. The van der Waals surface area contributed by atoms with Crippen molar-refractivity contribution in [3.8, 4) is 0 Å². The minimum absolute atomic E-state index is 0.157. The molecule has 0 amide bonds. The Bertz CT molecular complexity index is 125. The molecular weight excluding hydrogens is 124 g/mol. The Morgan fingerprint density at radius 1 is 1.20 bits per heavy atom. The molecule has 0 aromatic rings. The lowest BCUT2D eigenvalue weighted by atomic mass is 10.0. The summed E-state index contributed by atoms with van der Waals surface area (Å²) in [7, 11) is 0. The predicted molar refractivity (Wildman–Crippen MR) is 44.9 cm³/mol. The van der Waals surface area contributed by atoms with Crippen molar-refractivity contribution in [1.29, 1.82) is 0 Å². The van der Waals surface area contributed by atoms with Gasteiger partial charge in [-0.25, -0.2) is 0 Å². The summed E-state index contributed by atoms with van der Waals surface area (Å²) in [5.41, 5.74) is 2.29. The van der Waals surface area contributed by atoms with E-state index < -0.39 is 0 Å². The van der Waals surface area contributed by atoms with E-state index in [9.17, 15) is 0 Å². The summed E-state index contributed by atoms with van der Waals surface area (Å²) >= 11 is 0. The van der Waals surface area contributed by atoms with Crippen molar-refractivity contribution in [2.24, 2.45) is 0 Å². The van der Waals surface area contributed by atoms with Gasteiger partial charge in [-0.05, 0) is 31.4 Å². The number of hydrogen-bond acceptors (Lipinski definition) is 1. The van der Waals surface area contributed by atoms with Crippen LogP contribution in [0.3, 0.4) is 0 Å². The molecule has 0 rings (SSSR count). The van der Waals surface area contributed by atoms with Crippen LogP contribution in [-0.4, -0.2) is 11.7 Å². The van der Waals surface area contributed by atoms with Crippen LogP contribution in [0.1, 0.15) is 27.2 Å². The monoisotopic (exact) mass is 140 g/mol. The van der Waals surface area contributed by atoms with Gasteiger partial charge in [-0.2, -0.15) is 0 Å². The van der Waals surface area contributed by atoms with Crippen LogP contribution in [0.25, 0.3) is 0 Å². The number of allylic oxidation sites excluding steroid dienone is 2. The van der Waals surface area contributed by atoms with Gasteiger partial charge in [0.15, 0.2) is 0 Å². The Balaban J connectivity index is 4.27. The largest absolute Gasteiger partial charge is 0.392 e. The van der Waals surface area contributed by atoms with Crippen LogP contribution in [0.4, 0.5) is 0 Å². The molecule has 0 unspecified atom stereocenters. The minimum atomic E-state index is 0.157. The fraction of sp³-hybridized carbons (Fsp3) is 0.556. The van der Waals surface area contributed by atoms with Crippen LogP contribution < -0.4 is 0 Å². The van der Waals surface area contributed by atoms with Crippen LogP contribution in [0.2, 0.25) is 0 Å². The van der Waals surface area contributed by atoms with Gasteiger partial charge in [-0.15, -0.1) is 0 Å². The maximum atomic E-state index is 8.85. The van der Waals surface area contributed by atoms with Crippen molar-refractivity contribution >= 4 is 0 Å². The molecule has 0 saturated carbocycles. The van der Waals surface area contributed by atoms with E-state index in [1.54, 1.807) is 0 Å². The van der Waals surface area contributed by atoms with E-state index >= 15 is 0 Å². The molecule has 1 heteroatoms. The molecule has 0 bridgehead atoms. The van der Waals surface area contributed by atoms with Crippen molar-refractivity contribution in [2.75, 3.05) is 6.61 Å². The van der Waals surface area contributed by atoms with Gasteiger partial charge in [0.2, 0.25) is 0 Å². The van der Waals surface area contributed by atoms with Gasteiger partial charge in [0.1, 0.15) is 0 Å². The summed E-state index contributed by atoms with van der Waals surface area (Å²) in [4.78, 5) is 0. The fourth-order valence-electron chi connectivity index (χ4n) is 0.995. The predicted octanol–water partition coefficient (Wildman–Crippen LogP) is 2.28.